The van der Waals surface area contributed by atoms with Crippen LogP contribution in [0.5, 0.6) is 5.75 Å². The van der Waals surface area contributed by atoms with Crippen LogP contribution in [0, 0.1) is 0 Å². The summed E-state index contributed by atoms with van der Waals surface area (Å²) >= 11 is 0. The lowest BCUT2D eigenvalue weighted by atomic mass is 10.1. The molecule has 0 radical (unpaired) electrons. The molecule has 0 fully saturated rings. The van der Waals surface area contributed by atoms with Crippen LogP contribution >= 0.6 is 0 Å². The number of nitrogens with zero attached hydrogens (tertiary/aromatic N) is 3. The smallest absolute Gasteiger partial charge is 0.427 e. The monoisotopic (exact) mass is 368 g/mol. The quantitative estimate of drug-likeness (QED) is 0.701. The number of amides is 1. The molecule has 0 aliphatic rings. The molecule has 3 aromatic rings. The second kappa shape index (κ2) is 6.62. The van der Waals surface area contributed by atoms with Crippen LogP contribution in [0.1, 0.15) is 10.4 Å². The Labute approximate surface area is 144 Å². The topological polar surface area (TPSA) is 69.0 Å². The molecule has 26 heavy (non-hydrogen) atoms. The maximum absolute atomic E-state index is 13.2. The number of fused-ring (bicyclic) bond motifs is 1. The first kappa shape index (κ1) is 17.6. The Morgan fingerprint density at radius 3 is 2.62 bits per heavy atom. The zero-order valence-corrected chi connectivity index (χ0v) is 13.3. The van der Waals surface area contributed by atoms with Gasteiger partial charge in [0, 0.05) is 7.05 Å². The van der Waals surface area contributed by atoms with E-state index >= 15 is 0 Å². The van der Waals surface area contributed by atoms with Crippen molar-refractivity contribution in [3.05, 3.63) is 48.0 Å². The summed E-state index contributed by atoms with van der Waals surface area (Å²) in [5, 5.41) is 10.7. The van der Waals surface area contributed by atoms with Crippen LogP contribution in [-0.4, -0.2) is 33.4 Å². The summed E-state index contributed by atoms with van der Waals surface area (Å²) in [7, 11) is 1.60. The molecule has 0 unspecified atom stereocenters. The lowest BCUT2D eigenvalue weighted by Crippen LogP contribution is -2.34. The van der Waals surface area contributed by atoms with Gasteiger partial charge in [-0.3, -0.25) is 4.79 Å². The number of aryl methyl sites for hydroxylation is 1. The highest BCUT2D eigenvalue weighted by atomic mass is 19.3. The molecule has 3 rings (SSSR count). The van der Waals surface area contributed by atoms with Gasteiger partial charge in [0.25, 0.3) is 5.91 Å². The predicted octanol–water partition coefficient (Wildman–Crippen LogP) is 3.46. The second-order valence-corrected chi connectivity index (χ2v) is 5.28. The van der Waals surface area contributed by atoms with E-state index in [4.69, 9.17) is 0 Å². The van der Waals surface area contributed by atoms with E-state index in [1.807, 2.05) is 0 Å². The van der Waals surface area contributed by atoms with E-state index in [9.17, 15) is 22.4 Å². The number of hydrogen-bond acceptors (Lipinski definition) is 4. The number of ether oxygens (including phenoxy) is 1. The van der Waals surface area contributed by atoms with E-state index in [0.717, 1.165) is 6.07 Å². The number of alkyl halides is 4. The number of carbonyl (C=O) groups is 1. The van der Waals surface area contributed by atoms with Gasteiger partial charge in [0.2, 0.25) is 0 Å². The van der Waals surface area contributed by atoms with Crippen molar-refractivity contribution in [1.29, 1.82) is 0 Å². The van der Waals surface area contributed by atoms with Crippen molar-refractivity contribution in [1.82, 2.24) is 15.0 Å². The minimum absolute atomic E-state index is 0.288. The molecule has 0 saturated carbocycles. The van der Waals surface area contributed by atoms with Crippen molar-refractivity contribution in [2.45, 2.75) is 12.5 Å². The van der Waals surface area contributed by atoms with Crippen LogP contribution in [0.2, 0.25) is 0 Å². The molecule has 0 bridgehead atoms. The number of halogens is 4. The number of rotatable bonds is 5. The summed E-state index contributed by atoms with van der Waals surface area (Å²) in [6.45, 7) is 0. The van der Waals surface area contributed by atoms with E-state index in [1.54, 1.807) is 25.2 Å². The molecule has 0 aliphatic heterocycles. The highest BCUT2D eigenvalue weighted by Gasteiger charge is 2.44. The van der Waals surface area contributed by atoms with Crippen LogP contribution in [-0.2, 0) is 7.05 Å². The van der Waals surface area contributed by atoms with Gasteiger partial charge in [-0.15, -0.1) is 0 Å². The lowest BCUT2D eigenvalue weighted by Gasteiger charge is -2.18. The molecular formula is C16H12F4N4O2. The Kier molecular flexibility index (Phi) is 4.49. The van der Waals surface area contributed by atoms with Crippen molar-refractivity contribution in [3.63, 3.8) is 0 Å². The van der Waals surface area contributed by atoms with Gasteiger partial charge in [-0.25, -0.2) is 0 Å². The normalized spacial score (nSPS) is 11.8. The minimum atomic E-state index is -4.72. The van der Waals surface area contributed by atoms with Crippen molar-refractivity contribution in [2.24, 2.45) is 7.05 Å². The SMILES string of the molecule is Cn1nc2cccc(NC(=O)c3ccccc3OC(F)(F)C(F)F)c2n1. The van der Waals surface area contributed by atoms with E-state index in [1.165, 1.54) is 23.0 Å². The third kappa shape index (κ3) is 3.44. The molecule has 0 spiro atoms. The fourth-order valence-corrected chi connectivity index (χ4v) is 2.27. The number of nitrogens with one attached hydrogen (secondary N) is 1. The van der Waals surface area contributed by atoms with E-state index < -0.39 is 24.2 Å². The third-order valence-electron chi connectivity index (χ3n) is 3.39. The summed E-state index contributed by atoms with van der Waals surface area (Å²) in [6, 6.07) is 9.73. The first-order chi connectivity index (χ1) is 12.3. The molecule has 6 nitrogen and oxygen atoms in total. The fraction of sp³-hybridized carbons (Fsp3) is 0.188. The first-order valence-corrected chi connectivity index (χ1v) is 7.33. The molecule has 1 heterocycles. The Bertz CT molecular complexity index is 958. The number of hydrogen-bond donors (Lipinski definition) is 1. The number of aromatic nitrogens is 3. The Hall–Kier alpha value is -3.17. The van der Waals surface area contributed by atoms with Gasteiger partial charge < -0.3 is 10.1 Å². The number of benzene rings is 2. The molecule has 1 amide bonds. The maximum atomic E-state index is 13.2. The van der Waals surface area contributed by atoms with E-state index in [0.29, 0.717) is 11.0 Å². The lowest BCUT2D eigenvalue weighted by molar-refractivity contribution is -0.253. The minimum Gasteiger partial charge on any atom is -0.427 e. The van der Waals surface area contributed by atoms with E-state index in [2.05, 4.69) is 20.3 Å². The average Bonchev–Trinajstić information content (AvgIpc) is 2.96. The van der Waals surface area contributed by atoms with Gasteiger partial charge >= 0.3 is 12.5 Å². The zero-order valence-electron chi connectivity index (χ0n) is 13.3. The van der Waals surface area contributed by atoms with Crippen molar-refractivity contribution < 1.29 is 27.1 Å². The van der Waals surface area contributed by atoms with Gasteiger partial charge in [-0.05, 0) is 24.3 Å². The summed E-state index contributed by atoms with van der Waals surface area (Å²) in [6.07, 6.45) is -8.76. The highest BCUT2D eigenvalue weighted by molar-refractivity contribution is 6.09. The first-order valence-electron chi connectivity index (χ1n) is 7.33. The summed E-state index contributed by atoms with van der Waals surface area (Å²) < 4.78 is 55.2. The van der Waals surface area contributed by atoms with Gasteiger partial charge in [-0.1, -0.05) is 18.2 Å². The van der Waals surface area contributed by atoms with Crippen LogP contribution in [0.3, 0.4) is 0 Å². The predicted molar refractivity (Wildman–Crippen MR) is 84.5 cm³/mol. The molecule has 0 atom stereocenters. The van der Waals surface area contributed by atoms with E-state index in [-0.39, 0.29) is 11.3 Å². The zero-order chi connectivity index (χ0) is 18.9. The fourth-order valence-electron chi connectivity index (χ4n) is 2.27. The molecule has 1 aromatic heterocycles. The largest absolute Gasteiger partial charge is 0.461 e. The molecule has 2 aromatic carbocycles. The molecule has 136 valence electrons. The number of para-hydroxylation sites is 1. The molecule has 0 aliphatic carbocycles. The van der Waals surface area contributed by atoms with Crippen LogP contribution in [0.15, 0.2) is 42.5 Å². The summed E-state index contributed by atoms with van der Waals surface area (Å²) in [5.41, 5.74) is 0.864. The Morgan fingerprint density at radius 1 is 1.15 bits per heavy atom. The molecule has 0 saturated heterocycles. The van der Waals surface area contributed by atoms with Gasteiger partial charge in [-0.2, -0.15) is 32.6 Å². The van der Waals surface area contributed by atoms with Gasteiger partial charge in [0.05, 0.1) is 11.3 Å². The molecule has 10 heteroatoms. The number of anilines is 1. The molecular weight excluding hydrogens is 356 g/mol. The van der Waals surface area contributed by atoms with Crippen LogP contribution in [0.4, 0.5) is 23.2 Å². The second-order valence-electron chi connectivity index (χ2n) is 5.28. The standard InChI is InChI=1S/C16H12F4N4O2/c1-24-22-11-7-4-6-10(13(11)23-24)21-14(25)9-5-2-3-8-12(9)26-16(19,20)15(17)18/h2-8,15H,1H3,(H,21,25). The highest BCUT2D eigenvalue weighted by Crippen LogP contribution is 2.30. The summed E-state index contributed by atoms with van der Waals surface area (Å²) in [5.74, 6) is -1.48. The van der Waals surface area contributed by atoms with Crippen molar-refractivity contribution >= 4 is 22.6 Å². The van der Waals surface area contributed by atoms with Crippen LogP contribution in [0.25, 0.3) is 11.0 Å². The third-order valence-corrected chi connectivity index (χ3v) is 3.39. The number of carbonyl (C=O) groups excluding carboxylic acids is 1. The maximum Gasteiger partial charge on any atom is 0.461 e. The Balaban J connectivity index is 1.91. The van der Waals surface area contributed by atoms with Crippen molar-refractivity contribution in [3.8, 4) is 5.75 Å². The van der Waals surface area contributed by atoms with Gasteiger partial charge in [0.1, 0.15) is 16.8 Å². The van der Waals surface area contributed by atoms with Gasteiger partial charge in [0.15, 0.2) is 0 Å². The Morgan fingerprint density at radius 2 is 1.88 bits per heavy atom. The summed E-state index contributed by atoms with van der Waals surface area (Å²) in [4.78, 5) is 13.8. The molecule has 1 N–H and O–H groups in total. The van der Waals surface area contributed by atoms with Crippen molar-refractivity contribution in [2.75, 3.05) is 5.32 Å². The van der Waals surface area contributed by atoms with Crippen LogP contribution < -0.4 is 10.1 Å². The average molecular weight is 368 g/mol.